The number of ether oxygens (including phenoxy) is 3. The van der Waals surface area contributed by atoms with E-state index in [4.69, 9.17) is 14.2 Å². The highest BCUT2D eigenvalue weighted by Gasteiger charge is 2.35. The van der Waals surface area contributed by atoms with Gasteiger partial charge in [0.2, 0.25) is 0 Å². The van der Waals surface area contributed by atoms with Gasteiger partial charge in [-0.2, -0.15) is 13.2 Å². The number of alkyl halides is 3. The summed E-state index contributed by atoms with van der Waals surface area (Å²) in [6.07, 6.45) is 0.954. The van der Waals surface area contributed by atoms with Crippen molar-refractivity contribution in [3.05, 3.63) is 58.8 Å². The summed E-state index contributed by atoms with van der Waals surface area (Å²) < 4.78 is 57.9. The summed E-state index contributed by atoms with van der Waals surface area (Å²) in [5.41, 5.74) is 2.84. The van der Waals surface area contributed by atoms with Crippen LogP contribution < -0.4 is 9.47 Å². The van der Waals surface area contributed by atoms with E-state index in [1.807, 2.05) is 12.1 Å². The Morgan fingerprint density at radius 2 is 1.89 bits per heavy atom. The van der Waals surface area contributed by atoms with Crippen LogP contribution in [0.4, 0.5) is 13.2 Å². The van der Waals surface area contributed by atoms with Crippen molar-refractivity contribution in [2.24, 2.45) is 0 Å². The second kappa shape index (κ2) is 10.1. The summed E-state index contributed by atoms with van der Waals surface area (Å²) in [7, 11) is 0. The lowest BCUT2D eigenvalue weighted by atomic mass is 10.0. The van der Waals surface area contributed by atoms with Gasteiger partial charge in [0.25, 0.3) is 0 Å². The average molecular weight is 502 g/mol. The molecule has 1 N–H and O–H groups in total. The molecule has 0 radical (unpaired) electrons. The fraction of sp³-hybridized carbons (Fsp3) is 0.464. The molecule has 2 aliphatic rings. The summed E-state index contributed by atoms with van der Waals surface area (Å²) in [5, 5.41) is 1.02. The van der Waals surface area contributed by atoms with Gasteiger partial charge < -0.3 is 19.2 Å². The molecule has 3 aromatic rings. The monoisotopic (exact) mass is 501 g/mol. The van der Waals surface area contributed by atoms with E-state index in [0.29, 0.717) is 24.3 Å². The molecular formula is C28H30F3NO4. The molecule has 5 rings (SSSR count). The van der Waals surface area contributed by atoms with Gasteiger partial charge in [0.05, 0.1) is 24.7 Å². The van der Waals surface area contributed by atoms with Gasteiger partial charge in [-0.15, -0.1) is 0 Å². The minimum atomic E-state index is -4.51. The predicted octanol–water partition coefficient (Wildman–Crippen LogP) is 7.07. The standard InChI is InChI=1S/C28H30F3NO4/c1-2-34-26(33)14-18-8-10-21-22-15-20(9-11-24(22)32-27(18)21)35-16-17-7-12-25(23(13-17)28(29,30)31)36-19-5-3-4-6-19/h7,9,11-13,15,18-19,32H,2-6,8,10,14,16H2,1H3. The first-order valence-electron chi connectivity index (χ1n) is 12.6. The quantitative estimate of drug-likeness (QED) is 0.336. The second-order valence-corrected chi connectivity index (χ2v) is 9.61. The Kier molecular flexibility index (Phi) is 6.86. The van der Waals surface area contributed by atoms with Crippen LogP contribution in [-0.4, -0.2) is 23.7 Å². The van der Waals surface area contributed by atoms with Gasteiger partial charge in [0.1, 0.15) is 18.1 Å². The Hall–Kier alpha value is -3.16. The zero-order valence-electron chi connectivity index (χ0n) is 20.2. The van der Waals surface area contributed by atoms with Gasteiger partial charge in [-0.25, -0.2) is 0 Å². The van der Waals surface area contributed by atoms with Gasteiger partial charge >= 0.3 is 12.1 Å². The largest absolute Gasteiger partial charge is 0.490 e. The first kappa shape index (κ1) is 24.5. The molecule has 192 valence electrons. The zero-order valence-corrected chi connectivity index (χ0v) is 20.2. The molecule has 5 nitrogen and oxygen atoms in total. The van der Waals surface area contributed by atoms with Gasteiger partial charge in [-0.05, 0) is 86.9 Å². The number of aromatic nitrogens is 1. The number of benzene rings is 2. The highest BCUT2D eigenvalue weighted by molar-refractivity contribution is 5.87. The van der Waals surface area contributed by atoms with Crippen LogP contribution in [0.3, 0.4) is 0 Å². The highest BCUT2D eigenvalue weighted by Crippen LogP contribution is 2.41. The van der Waals surface area contributed by atoms with E-state index in [0.717, 1.165) is 66.8 Å². The zero-order chi connectivity index (χ0) is 25.3. The molecule has 0 amide bonds. The van der Waals surface area contributed by atoms with Crippen LogP contribution in [0.1, 0.15) is 73.8 Å². The summed E-state index contributed by atoms with van der Waals surface area (Å²) >= 11 is 0. The van der Waals surface area contributed by atoms with Crippen molar-refractivity contribution in [2.45, 2.75) is 76.7 Å². The van der Waals surface area contributed by atoms with E-state index in [-0.39, 0.29) is 30.3 Å². The number of H-pyrrole nitrogens is 1. The number of hydrogen-bond acceptors (Lipinski definition) is 4. The first-order chi connectivity index (χ1) is 17.3. The van der Waals surface area contributed by atoms with Gasteiger partial charge in [-0.1, -0.05) is 6.07 Å². The molecule has 0 aliphatic heterocycles. The van der Waals surface area contributed by atoms with E-state index in [2.05, 4.69) is 4.98 Å². The normalized spacial score (nSPS) is 17.9. The Bertz CT molecular complexity index is 1240. The number of fused-ring (bicyclic) bond motifs is 3. The van der Waals surface area contributed by atoms with Crippen molar-refractivity contribution in [3.63, 3.8) is 0 Å². The third kappa shape index (κ3) is 5.18. The molecule has 1 fully saturated rings. The Balaban J connectivity index is 1.31. The van der Waals surface area contributed by atoms with Gasteiger partial charge in [0.15, 0.2) is 0 Å². The molecule has 1 unspecified atom stereocenters. The topological polar surface area (TPSA) is 60.6 Å². The van der Waals surface area contributed by atoms with E-state index >= 15 is 0 Å². The van der Waals surface area contributed by atoms with Crippen LogP contribution in [0.2, 0.25) is 0 Å². The fourth-order valence-corrected chi connectivity index (χ4v) is 5.39. The second-order valence-electron chi connectivity index (χ2n) is 9.61. The third-order valence-electron chi connectivity index (χ3n) is 7.13. The molecule has 1 atom stereocenters. The van der Waals surface area contributed by atoms with E-state index in [9.17, 15) is 18.0 Å². The molecule has 1 saturated carbocycles. The van der Waals surface area contributed by atoms with Gasteiger partial charge in [-0.3, -0.25) is 4.79 Å². The van der Waals surface area contributed by atoms with Crippen LogP contribution in [0, 0.1) is 0 Å². The number of carbonyl (C=O) groups excluding carboxylic acids is 1. The number of nitrogens with one attached hydrogen (secondary N) is 1. The minimum Gasteiger partial charge on any atom is -0.490 e. The molecule has 2 aliphatic carbocycles. The number of esters is 1. The molecule has 0 spiro atoms. The van der Waals surface area contributed by atoms with E-state index < -0.39 is 11.7 Å². The van der Waals surface area contributed by atoms with Crippen LogP contribution in [-0.2, 0) is 28.7 Å². The average Bonchev–Trinajstić information content (AvgIpc) is 3.56. The SMILES string of the molecule is CCOC(=O)CC1CCc2c1[nH]c1ccc(OCc3ccc(OC4CCCC4)c(C(F)(F)F)c3)cc21. The molecule has 1 aromatic heterocycles. The molecule has 36 heavy (non-hydrogen) atoms. The van der Waals surface area contributed by atoms with Crippen molar-refractivity contribution in [1.29, 1.82) is 0 Å². The minimum absolute atomic E-state index is 0.0103. The smallest absolute Gasteiger partial charge is 0.419 e. The lowest BCUT2D eigenvalue weighted by Crippen LogP contribution is -2.16. The van der Waals surface area contributed by atoms with Crippen molar-refractivity contribution < 1.29 is 32.2 Å². The summed E-state index contributed by atoms with van der Waals surface area (Å²) in [4.78, 5) is 15.4. The molecule has 0 bridgehead atoms. The number of carbonyl (C=O) groups is 1. The summed E-state index contributed by atoms with van der Waals surface area (Å²) in [6, 6.07) is 9.79. The van der Waals surface area contributed by atoms with Crippen molar-refractivity contribution in [2.75, 3.05) is 6.61 Å². The van der Waals surface area contributed by atoms with Crippen LogP contribution in [0.25, 0.3) is 10.9 Å². The first-order valence-corrected chi connectivity index (χ1v) is 12.6. The maximum absolute atomic E-state index is 13.7. The number of aromatic amines is 1. The van der Waals surface area contributed by atoms with Crippen molar-refractivity contribution >= 4 is 16.9 Å². The van der Waals surface area contributed by atoms with Crippen molar-refractivity contribution in [1.82, 2.24) is 4.98 Å². The maximum atomic E-state index is 13.7. The lowest BCUT2D eigenvalue weighted by molar-refractivity contribution is -0.143. The number of aryl methyl sites for hydroxylation is 1. The predicted molar refractivity (Wildman–Crippen MR) is 129 cm³/mol. The Morgan fingerprint density at radius 3 is 2.64 bits per heavy atom. The molecule has 0 saturated heterocycles. The molecule has 1 heterocycles. The van der Waals surface area contributed by atoms with Gasteiger partial charge in [0, 0.05) is 22.5 Å². The fourth-order valence-electron chi connectivity index (χ4n) is 5.39. The van der Waals surface area contributed by atoms with E-state index in [1.54, 1.807) is 19.1 Å². The number of rotatable bonds is 8. The maximum Gasteiger partial charge on any atom is 0.419 e. The number of halogens is 3. The molecule has 2 aromatic carbocycles. The Labute approximate surface area is 207 Å². The highest BCUT2D eigenvalue weighted by atomic mass is 19.4. The lowest BCUT2D eigenvalue weighted by Gasteiger charge is -2.19. The summed E-state index contributed by atoms with van der Waals surface area (Å²) in [6.45, 7) is 2.17. The Morgan fingerprint density at radius 1 is 1.08 bits per heavy atom. The van der Waals surface area contributed by atoms with Crippen LogP contribution in [0.15, 0.2) is 36.4 Å². The molecule has 8 heteroatoms. The van der Waals surface area contributed by atoms with E-state index in [1.165, 1.54) is 6.07 Å². The third-order valence-corrected chi connectivity index (χ3v) is 7.13. The summed E-state index contributed by atoms with van der Waals surface area (Å²) in [5.74, 6) is 0.371. The number of hydrogen-bond donors (Lipinski definition) is 1. The van der Waals surface area contributed by atoms with Crippen molar-refractivity contribution in [3.8, 4) is 11.5 Å². The molecular weight excluding hydrogens is 471 g/mol. The van der Waals surface area contributed by atoms with Crippen LogP contribution in [0.5, 0.6) is 11.5 Å². The van der Waals surface area contributed by atoms with Crippen LogP contribution >= 0.6 is 0 Å².